The molecule has 0 atom stereocenters. The van der Waals surface area contributed by atoms with Crippen molar-refractivity contribution in [2.24, 2.45) is 0 Å². The molecular weight excluding hydrogens is 1630 g/mol. The maximum absolute atomic E-state index is 4.28. The Kier molecular flexibility index (Phi) is 20.2. The van der Waals surface area contributed by atoms with Crippen LogP contribution in [-0.2, 0) is 10.8 Å². The summed E-state index contributed by atoms with van der Waals surface area (Å²) in [5, 5.41) is 0. The highest BCUT2D eigenvalue weighted by molar-refractivity contribution is 5.98. The van der Waals surface area contributed by atoms with Crippen molar-refractivity contribution in [2.45, 2.75) is 10.8 Å². The number of aromatic nitrogens is 8. The lowest BCUT2D eigenvalue weighted by atomic mass is 9.67. The molecule has 18 aromatic carbocycles. The third kappa shape index (κ3) is 14.3. The average Bonchev–Trinajstić information content (AvgIpc) is 1.52. The second kappa shape index (κ2) is 34.0. The lowest BCUT2D eigenvalue weighted by Crippen LogP contribution is -2.28. The van der Waals surface area contributed by atoms with Gasteiger partial charge in [-0.1, -0.05) is 328 Å². The van der Waals surface area contributed by atoms with Gasteiger partial charge in [0.25, 0.3) is 0 Å². The fourth-order valence-corrected chi connectivity index (χ4v) is 21.0. The Balaban J connectivity index is 0.000000147. The minimum absolute atomic E-state index is 0.431. The highest BCUT2D eigenvalue weighted by Crippen LogP contribution is 2.64. The van der Waals surface area contributed by atoms with Gasteiger partial charge in [0.15, 0.2) is 0 Å². The van der Waals surface area contributed by atoms with E-state index in [4.69, 9.17) is 0 Å². The van der Waals surface area contributed by atoms with Crippen LogP contribution in [0.2, 0.25) is 0 Å². The lowest BCUT2D eigenvalue weighted by Gasteiger charge is -2.34. The number of nitrogens with zero attached hydrogens (tertiary/aromatic N) is 8. The molecule has 8 nitrogen and oxygen atoms in total. The Labute approximate surface area is 778 Å². The molecule has 8 heteroatoms. The van der Waals surface area contributed by atoms with E-state index in [1.807, 2.05) is 49.6 Å². The molecule has 626 valence electrons. The van der Waals surface area contributed by atoms with Gasteiger partial charge in [0, 0.05) is 71.8 Å². The quantitative estimate of drug-likeness (QED) is 0.0943. The van der Waals surface area contributed by atoms with Gasteiger partial charge in [-0.3, -0.25) is 0 Å². The van der Waals surface area contributed by atoms with E-state index in [1.165, 1.54) is 83.5 Å². The maximum atomic E-state index is 4.28. The normalized spacial score (nSPS) is 12.4. The number of hydrogen-bond acceptors (Lipinski definition) is 8. The van der Waals surface area contributed by atoms with Gasteiger partial charge in [0.05, 0.1) is 10.8 Å². The van der Waals surface area contributed by atoms with Crippen LogP contribution in [0.15, 0.2) is 500 Å². The Bertz CT molecular complexity index is 7450. The lowest BCUT2D eigenvalue weighted by molar-refractivity contribution is 0.769. The summed E-state index contributed by atoms with van der Waals surface area (Å²) in [5.74, 6) is 0. The molecule has 0 unspecified atom stereocenters. The third-order valence-electron chi connectivity index (χ3n) is 27.1. The minimum atomic E-state index is -0.506. The molecule has 0 aliphatic heterocycles. The van der Waals surface area contributed by atoms with Crippen LogP contribution in [0.1, 0.15) is 44.5 Å². The molecule has 0 fully saturated rings. The van der Waals surface area contributed by atoms with Gasteiger partial charge in [-0.05, 0) is 308 Å². The second-order valence-corrected chi connectivity index (χ2v) is 34.7. The summed E-state index contributed by atoms with van der Waals surface area (Å²) in [6.45, 7) is 0. The third-order valence-corrected chi connectivity index (χ3v) is 27.1. The summed E-state index contributed by atoms with van der Waals surface area (Å²) in [7, 11) is 0. The van der Waals surface area contributed by atoms with Crippen molar-refractivity contribution in [3.05, 3.63) is 544 Å². The molecule has 1 spiro atoms. The van der Waals surface area contributed by atoms with Crippen LogP contribution in [0.5, 0.6) is 0 Å². The summed E-state index contributed by atoms with van der Waals surface area (Å²) in [6.07, 6.45) is 21.2. The molecule has 4 heterocycles. The van der Waals surface area contributed by atoms with E-state index in [2.05, 4.69) is 465 Å². The molecule has 25 rings (SSSR count). The van der Waals surface area contributed by atoms with Crippen molar-refractivity contribution in [2.75, 3.05) is 0 Å². The van der Waals surface area contributed by atoms with E-state index in [0.29, 0.717) is 0 Å². The molecule has 0 saturated heterocycles. The number of benzene rings is 18. The van der Waals surface area contributed by atoms with Gasteiger partial charge in [-0.25, -0.2) is 39.9 Å². The standard InChI is InChI=1S/C63H40N4.C63H42N4/c1-4-22-59-55(19-1)56-20-2-5-23-60(56)63(59)61-24-6-3-21-57(61)58-26-25-49(34-62(58)63)52-32-50(45-15-7-11-41(27-45)43-13-9-17-47(29-43)53-35-64-39-65-36-53)31-51(33-52)46-16-8-12-42(28-46)44-14-10-18-48(30-44)54-37-66-40-67-38-54;1-3-21-57(22-4-1)63(58-23-5-2-6-24-58)61-26-8-7-25-59(61)60-28-27-51(36-62(60)63)54-34-52(47-17-9-13-43(29-47)45-15-11-19-49(31-45)55-37-64-41-65-38-55)33-53(35-54)48-18-10-14-44(30-48)46-16-12-20-50(32-46)56-39-66-42-67-40-56/h1-40H;1-42H. The van der Waals surface area contributed by atoms with Crippen LogP contribution < -0.4 is 0 Å². The van der Waals surface area contributed by atoms with Crippen molar-refractivity contribution in [1.82, 2.24) is 39.9 Å². The van der Waals surface area contributed by atoms with Crippen LogP contribution in [0.3, 0.4) is 0 Å². The maximum Gasteiger partial charge on any atom is 0.115 e. The van der Waals surface area contributed by atoms with E-state index >= 15 is 0 Å². The molecule has 3 aliphatic carbocycles. The van der Waals surface area contributed by atoms with E-state index in [9.17, 15) is 0 Å². The monoisotopic (exact) mass is 1710 g/mol. The van der Waals surface area contributed by atoms with E-state index in [-0.39, 0.29) is 0 Å². The fourth-order valence-electron chi connectivity index (χ4n) is 21.0. The fraction of sp³-hybridized carbons (Fsp3) is 0.0159. The first-order valence-electron chi connectivity index (χ1n) is 45.3. The van der Waals surface area contributed by atoms with Crippen LogP contribution in [0, 0.1) is 0 Å². The Hall–Kier alpha value is -17.7. The molecule has 0 bridgehead atoms. The second-order valence-electron chi connectivity index (χ2n) is 34.7. The Morgan fingerprint density at radius 1 is 0.112 bits per heavy atom. The van der Waals surface area contributed by atoms with Crippen LogP contribution in [0.4, 0.5) is 0 Å². The number of fused-ring (bicyclic) bond motifs is 13. The van der Waals surface area contributed by atoms with Crippen molar-refractivity contribution in [3.63, 3.8) is 0 Å². The average molecular weight is 1710 g/mol. The van der Waals surface area contributed by atoms with E-state index in [0.717, 1.165) is 150 Å². The van der Waals surface area contributed by atoms with Crippen molar-refractivity contribution in [1.29, 1.82) is 0 Å². The molecule has 0 saturated carbocycles. The highest BCUT2D eigenvalue weighted by atomic mass is 14.8. The molecule has 4 aromatic heterocycles. The summed E-state index contributed by atoms with van der Waals surface area (Å²) in [5.41, 5.74) is 48.4. The number of hydrogen-bond donors (Lipinski definition) is 0. The molecule has 0 radical (unpaired) electrons. The van der Waals surface area contributed by atoms with Crippen molar-refractivity contribution < 1.29 is 0 Å². The summed E-state index contributed by atoms with van der Waals surface area (Å²) in [6, 6.07) is 157. The Morgan fingerprint density at radius 3 is 0.522 bits per heavy atom. The van der Waals surface area contributed by atoms with Crippen LogP contribution in [-0.4, -0.2) is 39.9 Å². The molecular formula is C126H82N8. The Morgan fingerprint density at radius 2 is 0.284 bits per heavy atom. The van der Waals surface area contributed by atoms with Crippen molar-refractivity contribution >= 4 is 0 Å². The van der Waals surface area contributed by atoms with E-state index < -0.39 is 10.8 Å². The molecule has 0 N–H and O–H groups in total. The van der Waals surface area contributed by atoms with Crippen LogP contribution in [0.25, 0.3) is 189 Å². The van der Waals surface area contributed by atoms with Gasteiger partial charge in [-0.2, -0.15) is 0 Å². The minimum Gasteiger partial charge on any atom is -0.244 e. The summed E-state index contributed by atoms with van der Waals surface area (Å²) < 4.78 is 0. The van der Waals surface area contributed by atoms with Crippen LogP contribution >= 0.6 is 0 Å². The van der Waals surface area contributed by atoms with Gasteiger partial charge >= 0.3 is 0 Å². The smallest absolute Gasteiger partial charge is 0.115 e. The first kappa shape index (κ1) is 79.7. The van der Waals surface area contributed by atoms with Gasteiger partial charge in [0.1, 0.15) is 25.3 Å². The molecule has 0 amide bonds. The SMILES string of the molecule is c1cc(-c2cncnc2)cc(-c2cccc(-c3cc(-c4cccc(-c5cccc(-c6cncnc6)c5)c4)cc(-c4ccc5c(c4)C4(c6ccccc6-c6ccccc64)c4ccccc4-5)c3)c2)c1.c1ccc(C2(c3ccccc3)c3ccccc3-c3ccc(-c4cc(-c5cccc(-c6cccc(-c7cncnc7)c6)c5)cc(-c5cccc(-c6cccc(-c7cncnc7)c6)c5)c4)cc32)cc1. The largest absolute Gasteiger partial charge is 0.244 e. The number of rotatable bonds is 16. The topological polar surface area (TPSA) is 103 Å². The van der Waals surface area contributed by atoms with Gasteiger partial charge in [-0.15, -0.1) is 0 Å². The zero-order chi connectivity index (χ0) is 88.9. The van der Waals surface area contributed by atoms with Gasteiger partial charge in [0.2, 0.25) is 0 Å². The van der Waals surface area contributed by atoms with E-state index in [1.54, 1.807) is 25.3 Å². The predicted molar refractivity (Wildman–Crippen MR) is 545 cm³/mol. The zero-order valence-electron chi connectivity index (χ0n) is 72.9. The molecule has 22 aromatic rings. The predicted octanol–water partition coefficient (Wildman–Crippen LogP) is 30.6. The first-order valence-corrected chi connectivity index (χ1v) is 45.3. The highest BCUT2D eigenvalue weighted by Gasteiger charge is 2.52. The van der Waals surface area contributed by atoms with Gasteiger partial charge < -0.3 is 0 Å². The summed E-state index contributed by atoms with van der Waals surface area (Å²) >= 11 is 0. The first-order chi connectivity index (χ1) is 66.4. The molecule has 3 aliphatic rings. The summed E-state index contributed by atoms with van der Waals surface area (Å²) in [4.78, 5) is 34.2. The zero-order valence-corrected chi connectivity index (χ0v) is 72.9. The van der Waals surface area contributed by atoms with Crippen molar-refractivity contribution in [3.8, 4) is 189 Å². The molecule has 134 heavy (non-hydrogen) atoms.